The number of halogens is 1. The summed E-state index contributed by atoms with van der Waals surface area (Å²) in [6.45, 7) is 0.972. The number of likely N-dealkylation sites (tertiary alicyclic amines) is 1. The molecule has 1 saturated heterocycles. The van der Waals surface area contributed by atoms with Crippen molar-refractivity contribution in [3.8, 4) is 0 Å². The molecule has 0 aliphatic carbocycles. The highest BCUT2D eigenvalue weighted by molar-refractivity contribution is 7.81. The highest BCUT2D eigenvalue weighted by Crippen LogP contribution is 2.21. The Morgan fingerprint density at radius 2 is 2.31 bits per heavy atom. The zero-order chi connectivity index (χ0) is 9.14. The van der Waals surface area contributed by atoms with E-state index in [1.165, 1.54) is 0 Å². The second-order valence-electron chi connectivity index (χ2n) is 3.35. The summed E-state index contributed by atoms with van der Waals surface area (Å²) < 4.78 is 0. The van der Waals surface area contributed by atoms with Crippen LogP contribution in [0.4, 0.5) is 0 Å². The summed E-state index contributed by atoms with van der Waals surface area (Å²) in [4.78, 5) is 12.8. The summed E-state index contributed by atoms with van der Waals surface area (Å²) in [6, 6.07) is 0.266. The lowest BCUT2D eigenvalue weighted by atomic mass is 10.1. The van der Waals surface area contributed by atoms with Crippen LogP contribution in [0, 0.1) is 0 Å². The highest BCUT2D eigenvalue weighted by Gasteiger charge is 2.32. The molecule has 0 aromatic carbocycles. The maximum absolute atomic E-state index is 10.7. The number of hydrogen-bond acceptors (Lipinski definition) is 4. The molecule has 0 bridgehead atoms. The first-order valence-electron chi connectivity index (χ1n) is 4.20. The Morgan fingerprint density at radius 1 is 1.69 bits per heavy atom. The van der Waals surface area contributed by atoms with Crippen molar-refractivity contribution in [1.29, 1.82) is 0 Å². The molecule has 1 aliphatic heterocycles. The molecule has 1 heterocycles. The third-order valence-corrected chi connectivity index (χ3v) is 2.85. The van der Waals surface area contributed by atoms with E-state index in [2.05, 4.69) is 22.8 Å². The fourth-order valence-electron chi connectivity index (χ4n) is 1.77. The summed E-state index contributed by atoms with van der Waals surface area (Å²) in [6.07, 6.45) is 1.97. The Hall–Kier alpha value is 0.230. The fourth-order valence-corrected chi connectivity index (χ4v) is 2.25. The van der Waals surface area contributed by atoms with Crippen molar-refractivity contribution < 1.29 is 4.79 Å². The quantitative estimate of drug-likeness (QED) is 0.531. The van der Waals surface area contributed by atoms with Gasteiger partial charge in [-0.25, -0.2) is 0 Å². The number of hydrogen-bond donors (Lipinski definition) is 2. The van der Waals surface area contributed by atoms with Crippen molar-refractivity contribution in [3.05, 3.63) is 0 Å². The maximum Gasteiger partial charge on any atom is 0.138 e. The number of likely N-dealkylation sites (N-methyl/N-ethyl adjacent to an activating group) is 2. The molecule has 0 amide bonds. The summed E-state index contributed by atoms with van der Waals surface area (Å²) in [5, 5.41) is 3.41. The van der Waals surface area contributed by atoms with E-state index < -0.39 is 0 Å². The predicted octanol–water partition coefficient (Wildman–Crippen LogP) is 0.198. The molecular weight excluding hydrogens is 208 g/mol. The minimum atomic E-state index is -0.0489. The number of nitrogens with zero attached hydrogens (tertiary/aromatic N) is 1. The van der Waals surface area contributed by atoms with Gasteiger partial charge in [-0.2, -0.15) is 12.6 Å². The largest absolute Gasteiger partial charge is 0.309 e. The smallest absolute Gasteiger partial charge is 0.138 e. The SMILES string of the molecule is CNC(C=O)[C@H]1C[C@@H](S)CN1C.Cl. The molecule has 0 aromatic heterocycles. The van der Waals surface area contributed by atoms with Gasteiger partial charge in [0, 0.05) is 17.8 Å². The van der Waals surface area contributed by atoms with Crippen LogP contribution in [0.2, 0.25) is 0 Å². The van der Waals surface area contributed by atoms with Crippen molar-refractivity contribution in [2.24, 2.45) is 0 Å². The zero-order valence-corrected chi connectivity index (χ0v) is 9.65. The molecule has 3 atom stereocenters. The molecular formula is C8H17ClN2OS. The van der Waals surface area contributed by atoms with Gasteiger partial charge < -0.3 is 15.0 Å². The molecule has 1 N–H and O–H groups in total. The number of rotatable bonds is 3. The van der Waals surface area contributed by atoms with Gasteiger partial charge in [-0.15, -0.1) is 12.4 Å². The van der Waals surface area contributed by atoms with Crippen molar-refractivity contribution in [2.75, 3.05) is 20.6 Å². The number of aldehydes is 1. The lowest BCUT2D eigenvalue weighted by Crippen LogP contribution is -2.45. The molecule has 1 fully saturated rings. The van der Waals surface area contributed by atoms with Gasteiger partial charge in [0.2, 0.25) is 0 Å². The Morgan fingerprint density at radius 3 is 2.62 bits per heavy atom. The Balaban J connectivity index is 0.00000144. The molecule has 1 aliphatic rings. The van der Waals surface area contributed by atoms with E-state index in [0.717, 1.165) is 19.3 Å². The minimum Gasteiger partial charge on any atom is -0.309 e. The second-order valence-corrected chi connectivity index (χ2v) is 4.08. The average Bonchev–Trinajstić information content (AvgIpc) is 2.34. The van der Waals surface area contributed by atoms with Crippen LogP contribution in [0.1, 0.15) is 6.42 Å². The van der Waals surface area contributed by atoms with Gasteiger partial charge in [-0.05, 0) is 20.5 Å². The first-order chi connectivity index (χ1) is 5.69. The molecule has 3 nitrogen and oxygen atoms in total. The van der Waals surface area contributed by atoms with Gasteiger partial charge in [0.25, 0.3) is 0 Å². The van der Waals surface area contributed by atoms with Crippen molar-refractivity contribution in [1.82, 2.24) is 10.2 Å². The first-order valence-corrected chi connectivity index (χ1v) is 4.71. The van der Waals surface area contributed by atoms with Crippen LogP contribution in [0.15, 0.2) is 0 Å². The number of carbonyl (C=O) groups is 1. The van der Waals surface area contributed by atoms with E-state index >= 15 is 0 Å². The van der Waals surface area contributed by atoms with E-state index in [0.29, 0.717) is 11.3 Å². The molecule has 0 saturated carbocycles. The normalized spacial score (nSPS) is 31.0. The molecule has 5 heteroatoms. The molecule has 78 valence electrons. The zero-order valence-electron chi connectivity index (χ0n) is 7.93. The lowest BCUT2D eigenvalue weighted by Gasteiger charge is -2.24. The van der Waals surface area contributed by atoms with Crippen LogP contribution < -0.4 is 5.32 Å². The van der Waals surface area contributed by atoms with E-state index in [-0.39, 0.29) is 18.4 Å². The van der Waals surface area contributed by atoms with Gasteiger partial charge >= 0.3 is 0 Å². The summed E-state index contributed by atoms with van der Waals surface area (Å²) in [5.74, 6) is 0. The molecule has 13 heavy (non-hydrogen) atoms. The van der Waals surface area contributed by atoms with Crippen LogP contribution >= 0.6 is 25.0 Å². The highest BCUT2D eigenvalue weighted by atomic mass is 35.5. The summed E-state index contributed by atoms with van der Waals surface area (Å²) in [5.41, 5.74) is 0. The molecule has 0 radical (unpaired) electrons. The molecule has 0 aromatic rings. The van der Waals surface area contributed by atoms with Crippen molar-refractivity contribution in [3.63, 3.8) is 0 Å². The molecule has 1 unspecified atom stereocenters. The summed E-state index contributed by atoms with van der Waals surface area (Å²) in [7, 11) is 3.85. The number of thiol groups is 1. The van der Waals surface area contributed by atoms with Gasteiger partial charge in [0.05, 0.1) is 6.04 Å². The minimum absolute atomic E-state index is 0. The monoisotopic (exact) mass is 224 g/mol. The fraction of sp³-hybridized carbons (Fsp3) is 0.875. The van der Waals surface area contributed by atoms with Crippen LogP contribution in [-0.2, 0) is 4.79 Å². The third-order valence-electron chi connectivity index (χ3n) is 2.47. The van der Waals surface area contributed by atoms with E-state index in [1.54, 1.807) is 0 Å². The Kier molecular flexibility index (Phi) is 5.96. The standard InChI is InChI=1S/C8H16N2OS.ClH/c1-9-7(5-11)8-3-6(12)4-10(8)2;/h5-9,12H,3-4H2,1-2H3;1H/t6-,7?,8-;/m1./s1. The van der Waals surface area contributed by atoms with E-state index in [9.17, 15) is 4.79 Å². The maximum atomic E-state index is 10.7. The molecule has 1 rings (SSSR count). The van der Waals surface area contributed by atoms with E-state index in [1.807, 2.05) is 14.1 Å². The van der Waals surface area contributed by atoms with Gasteiger partial charge in [0.1, 0.15) is 6.29 Å². The lowest BCUT2D eigenvalue weighted by molar-refractivity contribution is -0.110. The average molecular weight is 225 g/mol. The van der Waals surface area contributed by atoms with Crippen LogP contribution in [-0.4, -0.2) is 49.2 Å². The number of nitrogens with one attached hydrogen (secondary N) is 1. The Bertz CT molecular complexity index is 170. The molecule has 0 spiro atoms. The van der Waals surface area contributed by atoms with Crippen molar-refractivity contribution >= 4 is 31.3 Å². The summed E-state index contributed by atoms with van der Waals surface area (Å²) >= 11 is 4.40. The topological polar surface area (TPSA) is 32.3 Å². The second kappa shape index (κ2) is 5.86. The van der Waals surface area contributed by atoms with Crippen LogP contribution in [0.3, 0.4) is 0 Å². The van der Waals surface area contributed by atoms with Crippen molar-refractivity contribution in [2.45, 2.75) is 23.8 Å². The third kappa shape index (κ3) is 3.13. The Labute approximate surface area is 91.1 Å². The van der Waals surface area contributed by atoms with E-state index in [4.69, 9.17) is 0 Å². The van der Waals surface area contributed by atoms with Crippen LogP contribution in [0.25, 0.3) is 0 Å². The van der Waals surface area contributed by atoms with Crippen LogP contribution in [0.5, 0.6) is 0 Å². The van der Waals surface area contributed by atoms with Gasteiger partial charge in [-0.1, -0.05) is 0 Å². The number of carbonyl (C=O) groups excluding carboxylic acids is 1. The first kappa shape index (κ1) is 13.2. The van der Waals surface area contributed by atoms with Gasteiger partial charge in [0.15, 0.2) is 0 Å². The predicted molar refractivity (Wildman–Crippen MR) is 60.0 cm³/mol. The van der Waals surface area contributed by atoms with Gasteiger partial charge in [-0.3, -0.25) is 0 Å².